The molecule has 0 bridgehead atoms. The Balaban J connectivity index is 1.51. The molecule has 4 aromatic carbocycles. The van der Waals surface area contributed by atoms with Gasteiger partial charge in [-0.15, -0.1) is 0 Å². The van der Waals surface area contributed by atoms with Crippen LogP contribution in [0.2, 0.25) is 0 Å². The van der Waals surface area contributed by atoms with Crippen LogP contribution in [0, 0.1) is 0 Å². The van der Waals surface area contributed by atoms with Crippen LogP contribution >= 0.6 is 0 Å². The highest BCUT2D eigenvalue weighted by Crippen LogP contribution is 2.26. The topological polar surface area (TPSA) is 103 Å². The van der Waals surface area contributed by atoms with Crippen LogP contribution in [0.1, 0.15) is 36.6 Å². The van der Waals surface area contributed by atoms with Gasteiger partial charge in [0.05, 0.1) is 17.3 Å². The maximum atomic E-state index is 12.7. The predicted octanol–water partition coefficient (Wildman–Crippen LogP) is 5.45. The van der Waals surface area contributed by atoms with E-state index in [2.05, 4.69) is 17.1 Å². The second kappa shape index (κ2) is 13.2. The zero-order chi connectivity index (χ0) is 27.5. The Morgan fingerprint density at radius 3 is 1.92 bits per heavy atom. The smallest absolute Gasteiger partial charge is 0.343 e. The molecule has 1 N–H and O–H groups in total. The molecule has 0 radical (unpaired) electrons. The van der Waals surface area contributed by atoms with E-state index in [0.29, 0.717) is 34.6 Å². The van der Waals surface area contributed by atoms with Gasteiger partial charge < -0.3 is 14.2 Å². The molecule has 0 atom stereocenters. The average Bonchev–Trinajstić information content (AvgIpc) is 2.98. The molecule has 0 heterocycles. The van der Waals surface area contributed by atoms with Crippen LogP contribution in [0.4, 0.5) is 0 Å². The Kier molecular flexibility index (Phi) is 8.96. The molecular formula is C31H24N2O6. The van der Waals surface area contributed by atoms with Gasteiger partial charge in [0, 0.05) is 17.2 Å². The van der Waals surface area contributed by atoms with Crippen LogP contribution < -0.4 is 19.6 Å². The van der Waals surface area contributed by atoms with E-state index < -0.39 is 17.8 Å². The van der Waals surface area contributed by atoms with Gasteiger partial charge in [-0.2, -0.15) is 5.10 Å². The molecule has 0 spiro atoms. The molecule has 8 nitrogen and oxygen atoms in total. The van der Waals surface area contributed by atoms with Crippen LogP contribution in [-0.2, 0) is 0 Å². The first-order chi connectivity index (χ1) is 19.0. The minimum Gasteiger partial charge on any atom is -0.490 e. The van der Waals surface area contributed by atoms with Crippen molar-refractivity contribution in [3.63, 3.8) is 0 Å². The number of esters is 2. The summed E-state index contributed by atoms with van der Waals surface area (Å²) in [5, 5.41) is 4.00. The van der Waals surface area contributed by atoms with Crippen molar-refractivity contribution in [2.24, 2.45) is 5.10 Å². The van der Waals surface area contributed by atoms with Gasteiger partial charge in [0.2, 0.25) is 0 Å². The molecule has 4 aromatic rings. The van der Waals surface area contributed by atoms with E-state index in [1.54, 1.807) is 97.1 Å². The Morgan fingerprint density at radius 2 is 1.31 bits per heavy atom. The SMILES string of the molecule is C=CCOc1ccc(C(=O)N/N=C\c2ccc(OC(=O)c3ccccc3)cc2OC(=O)c2ccccc2)cc1. The van der Waals surface area contributed by atoms with Crippen molar-refractivity contribution >= 4 is 24.1 Å². The number of hydrogen-bond donors (Lipinski definition) is 1. The van der Waals surface area contributed by atoms with Crippen LogP contribution in [0.15, 0.2) is 121 Å². The third-order valence-corrected chi connectivity index (χ3v) is 5.27. The quantitative estimate of drug-likeness (QED) is 0.0980. The van der Waals surface area contributed by atoms with E-state index in [1.165, 1.54) is 18.3 Å². The molecule has 0 aliphatic carbocycles. The molecule has 0 fully saturated rings. The first kappa shape index (κ1) is 26.6. The van der Waals surface area contributed by atoms with Crippen molar-refractivity contribution in [2.45, 2.75) is 0 Å². The van der Waals surface area contributed by atoms with Crippen molar-refractivity contribution in [1.29, 1.82) is 0 Å². The summed E-state index contributed by atoms with van der Waals surface area (Å²) >= 11 is 0. The second-order valence-electron chi connectivity index (χ2n) is 8.03. The number of amides is 1. The molecule has 39 heavy (non-hydrogen) atoms. The van der Waals surface area contributed by atoms with Gasteiger partial charge in [0.15, 0.2) is 0 Å². The number of ether oxygens (including phenoxy) is 3. The Bertz CT molecular complexity index is 1480. The highest BCUT2D eigenvalue weighted by Gasteiger charge is 2.15. The van der Waals surface area contributed by atoms with Crippen LogP contribution in [0.3, 0.4) is 0 Å². The fourth-order valence-corrected chi connectivity index (χ4v) is 3.33. The molecule has 4 rings (SSSR count). The Labute approximate surface area is 225 Å². The van der Waals surface area contributed by atoms with Gasteiger partial charge in [0.25, 0.3) is 5.91 Å². The average molecular weight is 521 g/mol. The molecule has 0 aromatic heterocycles. The third-order valence-electron chi connectivity index (χ3n) is 5.27. The van der Waals surface area contributed by atoms with Gasteiger partial charge in [-0.25, -0.2) is 15.0 Å². The predicted molar refractivity (Wildman–Crippen MR) is 146 cm³/mol. The number of nitrogens with zero attached hydrogens (tertiary/aromatic N) is 1. The van der Waals surface area contributed by atoms with E-state index in [-0.39, 0.29) is 11.5 Å². The van der Waals surface area contributed by atoms with Crippen LogP contribution in [-0.4, -0.2) is 30.7 Å². The zero-order valence-corrected chi connectivity index (χ0v) is 20.8. The lowest BCUT2D eigenvalue weighted by Crippen LogP contribution is -2.17. The van der Waals surface area contributed by atoms with Crippen LogP contribution in [0.5, 0.6) is 17.2 Å². The lowest BCUT2D eigenvalue weighted by Gasteiger charge is -2.10. The summed E-state index contributed by atoms with van der Waals surface area (Å²) < 4.78 is 16.5. The second-order valence-corrected chi connectivity index (χ2v) is 8.03. The summed E-state index contributed by atoms with van der Waals surface area (Å²) in [6.07, 6.45) is 2.95. The van der Waals surface area contributed by atoms with Gasteiger partial charge in [-0.3, -0.25) is 4.79 Å². The van der Waals surface area contributed by atoms with Crippen LogP contribution in [0.25, 0.3) is 0 Å². The maximum absolute atomic E-state index is 12.7. The summed E-state index contributed by atoms with van der Waals surface area (Å²) in [6, 6.07) is 28.0. The van der Waals surface area contributed by atoms with Crippen molar-refractivity contribution in [3.8, 4) is 17.2 Å². The van der Waals surface area contributed by atoms with Crippen molar-refractivity contribution in [2.75, 3.05) is 6.61 Å². The first-order valence-corrected chi connectivity index (χ1v) is 11.9. The van der Waals surface area contributed by atoms with Crippen molar-refractivity contribution in [3.05, 3.63) is 138 Å². The molecule has 0 unspecified atom stereocenters. The van der Waals surface area contributed by atoms with E-state index in [9.17, 15) is 14.4 Å². The number of hydrogen-bond acceptors (Lipinski definition) is 7. The molecule has 0 aliphatic heterocycles. The highest BCUT2D eigenvalue weighted by molar-refractivity contribution is 5.96. The number of rotatable bonds is 10. The third kappa shape index (κ3) is 7.50. The number of carbonyl (C=O) groups is 3. The first-order valence-electron chi connectivity index (χ1n) is 11.9. The maximum Gasteiger partial charge on any atom is 0.343 e. The summed E-state index contributed by atoms with van der Waals surface area (Å²) in [7, 11) is 0. The number of hydrazone groups is 1. The van der Waals surface area contributed by atoms with Crippen molar-refractivity contribution < 1.29 is 28.6 Å². The summed E-state index contributed by atoms with van der Waals surface area (Å²) in [5.41, 5.74) is 3.88. The fraction of sp³-hybridized carbons (Fsp3) is 0.0323. The van der Waals surface area contributed by atoms with Gasteiger partial charge in [-0.1, -0.05) is 49.1 Å². The Morgan fingerprint density at radius 1 is 0.718 bits per heavy atom. The van der Waals surface area contributed by atoms with E-state index in [1.807, 2.05) is 0 Å². The van der Waals surface area contributed by atoms with Gasteiger partial charge in [-0.05, 0) is 60.7 Å². The number of carbonyl (C=O) groups excluding carboxylic acids is 3. The lowest BCUT2D eigenvalue weighted by molar-refractivity contribution is 0.0732. The molecule has 1 amide bonds. The molecule has 0 saturated heterocycles. The summed E-state index contributed by atoms with van der Waals surface area (Å²) in [5.74, 6) is -0.764. The van der Waals surface area contributed by atoms with E-state index in [0.717, 1.165) is 0 Å². The molecule has 8 heteroatoms. The van der Waals surface area contributed by atoms with Gasteiger partial charge in [0.1, 0.15) is 23.9 Å². The molecule has 194 valence electrons. The van der Waals surface area contributed by atoms with Gasteiger partial charge >= 0.3 is 11.9 Å². The molecule has 0 saturated carbocycles. The minimum atomic E-state index is -0.611. The molecular weight excluding hydrogens is 496 g/mol. The molecule has 0 aliphatic rings. The van der Waals surface area contributed by atoms with E-state index >= 15 is 0 Å². The zero-order valence-electron chi connectivity index (χ0n) is 20.8. The summed E-state index contributed by atoms with van der Waals surface area (Å²) in [4.78, 5) is 37.7. The minimum absolute atomic E-state index is 0.0870. The normalized spacial score (nSPS) is 10.5. The lowest BCUT2D eigenvalue weighted by atomic mass is 10.2. The largest absolute Gasteiger partial charge is 0.490 e. The number of nitrogens with one attached hydrogen (secondary N) is 1. The monoisotopic (exact) mass is 520 g/mol. The number of benzene rings is 4. The van der Waals surface area contributed by atoms with Crippen molar-refractivity contribution in [1.82, 2.24) is 5.43 Å². The fourth-order valence-electron chi connectivity index (χ4n) is 3.33. The summed E-state index contributed by atoms with van der Waals surface area (Å²) in [6.45, 7) is 3.95. The standard InChI is InChI=1S/C31H24N2O6/c1-2-19-37-26-16-13-22(14-17-26)29(34)33-32-21-25-15-18-27(38-30(35)23-9-5-3-6-10-23)20-28(25)39-31(36)24-11-7-4-8-12-24/h2-18,20-21H,1,19H2,(H,33,34)/b32-21-. The highest BCUT2D eigenvalue weighted by atomic mass is 16.5. The Hall–Kier alpha value is -5.50. The van der Waals surface area contributed by atoms with E-state index in [4.69, 9.17) is 14.2 Å².